The Morgan fingerprint density at radius 3 is 2.56 bits per heavy atom. The third kappa shape index (κ3) is 2.47. The van der Waals surface area contributed by atoms with Gasteiger partial charge in [0, 0.05) is 0 Å². The Morgan fingerprint density at radius 1 is 1.25 bits per heavy atom. The molecule has 1 aromatic carbocycles. The van der Waals surface area contributed by atoms with Crippen molar-refractivity contribution in [2.45, 2.75) is 19.9 Å². The van der Waals surface area contributed by atoms with E-state index in [-0.39, 0.29) is 6.04 Å². The number of aryl methyl sites for hydroxylation is 2. The van der Waals surface area contributed by atoms with Crippen LogP contribution in [0, 0.1) is 16.7 Å². The van der Waals surface area contributed by atoms with Crippen molar-refractivity contribution in [2.75, 3.05) is 0 Å². The second-order valence-electron chi connectivity index (χ2n) is 4.02. The fourth-order valence-electron chi connectivity index (χ4n) is 1.84. The second-order valence-corrected chi connectivity index (χ2v) is 6.83. The van der Waals surface area contributed by atoms with Gasteiger partial charge >= 0.3 is 0 Å². The first-order chi connectivity index (χ1) is 7.58. The molecule has 1 nitrogen and oxygen atoms in total. The van der Waals surface area contributed by atoms with E-state index in [0.717, 1.165) is 0 Å². The molecule has 3 heteroatoms. The highest BCUT2D eigenvalue weighted by molar-refractivity contribution is 14.1. The van der Waals surface area contributed by atoms with Gasteiger partial charge in [-0.3, -0.25) is 0 Å². The minimum Gasteiger partial charge on any atom is -0.320 e. The van der Waals surface area contributed by atoms with E-state index >= 15 is 0 Å². The number of hydrogen-bond donors (Lipinski definition) is 1. The zero-order valence-electron chi connectivity index (χ0n) is 9.33. The van der Waals surface area contributed by atoms with Crippen LogP contribution in [0.15, 0.2) is 29.6 Å². The van der Waals surface area contributed by atoms with Crippen LogP contribution >= 0.6 is 33.9 Å². The molecule has 1 unspecified atom stereocenters. The molecule has 0 aliphatic rings. The maximum Gasteiger partial charge on any atom is 0.0656 e. The fraction of sp³-hybridized carbons (Fsp3) is 0.231. The van der Waals surface area contributed by atoms with E-state index in [4.69, 9.17) is 5.73 Å². The van der Waals surface area contributed by atoms with E-state index in [1.807, 2.05) is 0 Å². The molecule has 1 aromatic heterocycles. The Balaban J connectivity index is 2.37. The van der Waals surface area contributed by atoms with Crippen LogP contribution < -0.4 is 5.73 Å². The van der Waals surface area contributed by atoms with Crippen molar-refractivity contribution in [1.29, 1.82) is 0 Å². The van der Waals surface area contributed by atoms with E-state index in [1.54, 1.807) is 11.3 Å². The summed E-state index contributed by atoms with van der Waals surface area (Å²) in [4.78, 5) is 0. The zero-order chi connectivity index (χ0) is 11.7. The number of thiophene rings is 1. The maximum atomic E-state index is 6.28. The largest absolute Gasteiger partial charge is 0.320 e. The van der Waals surface area contributed by atoms with Gasteiger partial charge in [-0.2, -0.15) is 0 Å². The van der Waals surface area contributed by atoms with Crippen molar-refractivity contribution in [2.24, 2.45) is 5.73 Å². The van der Waals surface area contributed by atoms with Gasteiger partial charge in [-0.25, -0.2) is 0 Å². The molecule has 0 fully saturated rings. The minimum absolute atomic E-state index is 0.000339. The molecule has 16 heavy (non-hydrogen) atoms. The Bertz CT molecular complexity index is 504. The molecular weight excluding hydrogens is 329 g/mol. The topological polar surface area (TPSA) is 26.0 Å². The van der Waals surface area contributed by atoms with Crippen molar-refractivity contribution in [3.05, 3.63) is 54.8 Å². The SMILES string of the molecule is Cc1ccc(C(N)c2csc(I)c2)c(C)c1. The van der Waals surface area contributed by atoms with Gasteiger partial charge in [0.1, 0.15) is 0 Å². The summed E-state index contributed by atoms with van der Waals surface area (Å²) in [5.41, 5.74) is 11.3. The van der Waals surface area contributed by atoms with Crippen LogP contribution in [0.5, 0.6) is 0 Å². The summed E-state index contributed by atoms with van der Waals surface area (Å²) in [5.74, 6) is 0. The summed E-state index contributed by atoms with van der Waals surface area (Å²) in [6.07, 6.45) is 0. The molecule has 0 radical (unpaired) electrons. The predicted octanol–water partition coefficient (Wildman–Crippen LogP) is 4.02. The first-order valence-corrected chi connectivity index (χ1v) is 7.10. The molecule has 0 saturated carbocycles. The molecule has 0 bridgehead atoms. The highest BCUT2D eigenvalue weighted by atomic mass is 127. The van der Waals surface area contributed by atoms with Crippen LogP contribution in [0.1, 0.15) is 28.3 Å². The summed E-state index contributed by atoms with van der Waals surface area (Å²) in [6, 6.07) is 8.61. The quantitative estimate of drug-likeness (QED) is 0.819. The smallest absolute Gasteiger partial charge is 0.0656 e. The highest BCUT2D eigenvalue weighted by Crippen LogP contribution is 2.27. The second kappa shape index (κ2) is 4.85. The third-order valence-electron chi connectivity index (χ3n) is 2.71. The molecule has 0 saturated heterocycles. The summed E-state index contributed by atoms with van der Waals surface area (Å²) in [6.45, 7) is 4.23. The van der Waals surface area contributed by atoms with Crippen LogP contribution in [0.3, 0.4) is 0 Å². The van der Waals surface area contributed by atoms with Crippen molar-refractivity contribution in [1.82, 2.24) is 0 Å². The van der Waals surface area contributed by atoms with E-state index < -0.39 is 0 Å². The average molecular weight is 343 g/mol. The lowest BCUT2D eigenvalue weighted by molar-refractivity contribution is 0.865. The van der Waals surface area contributed by atoms with Crippen molar-refractivity contribution in [3.63, 3.8) is 0 Å². The number of rotatable bonds is 2. The van der Waals surface area contributed by atoms with Gasteiger partial charge in [0.15, 0.2) is 0 Å². The molecule has 84 valence electrons. The van der Waals surface area contributed by atoms with Gasteiger partial charge in [0.25, 0.3) is 0 Å². The molecule has 2 N–H and O–H groups in total. The van der Waals surface area contributed by atoms with Gasteiger partial charge in [-0.05, 0) is 64.6 Å². The normalized spacial score (nSPS) is 12.8. The average Bonchev–Trinajstić information content (AvgIpc) is 2.64. The highest BCUT2D eigenvalue weighted by Gasteiger charge is 2.12. The maximum absolute atomic E-state index is 6.28. The van der Waals surface area contributed by atoms with Crippen LogP contribution in [-0.2, 0) is 0 Å². The molecule has 0 spiro atoms. The van der Waals surface area contributed by atoms with Crippen LogP contribution in [0.25, 0.3) is 0 Å². The molecule has 1 heterocycles. The van der Waals surface area contributed by atoms with Crippen molar-refractivity contribution < 1.29 is 0 Å². The van der Waals surface area contributed by atoms with Gasteiger partial charge in [-0.15, -0.1) is 11.3 Å². The lowest BCUT2D eigenvalue weighted by Crippen LogP contribution is -2.12. The summed E-state index contributed by atoms with van der Waals surface area (Å²) >= 11 is 4.07. The van der Waals surface area contributed by atoms with Crippen molar-refractivity contribution in [3.8, 4) is 0 Å². The third-order valence-corrected chi connectivity index (χ3v) is 4.51. The lowest BCUT2D eigenvalue weighted by atomic mass is 9.96. The minimum atomic E-state index is 0.000339. The molecule has 0 aliphatic carbocycles. The summed E-state index contributed by atoms with van der Waals surface area (Å²) < 4.78 is 1.29. The standard InChI is InChI=1S/C13H14INS/c1-8-3-4-11(9(2)5-8)13(15)10-6-12(14)16-7-10/h3-7,13H,15H2,1-2H3. The van der Waals surface area contributed by atoms with E-state index in [9.17, 15) is 0 Å². The van der Waals surface area contributed by atoms with Gasteiger partial charge in [0.05, 0.1) is 8.93 Å². The molecule has 2 rings (SSSR count). The predicted molar refractivity (Wildman–Crippen MR) is 79.0 cm³/mol. The summed E-state index contributed by atoms with van der Waals surface area (Å²) in [5, 5.41) is 2.14. The Morgan fingerprint density at radius 2 is 2.00 bits per heavy atom. The number of hydrogen-bond acceptors (Lipinski definition) is 2. The van der Waals surface area contributed by atoms with Gasteiger partial charge < -0.3 is 5.73 Å². The van der Waals surface area contributed by atoms with Crippen LogP contribution in [0.4, 0.5) is 0 Å². The van der Waals surface area contributed by atoms with Crippen LogP contribution in [-0.4, -0.2) is 0 Å². The number of benzene rings is 1. The van der Waals surface area contributed by atoms with Gasteiger partial charge in [-0.1, -0.05) is 23.8 Å². The number of nitrogens with two attached hydrogens (primary N) is 1. The van der Waals surface area contributed by atoms with E-state index in [2.05, 4.69) is 66.1 Å². The molecular formula is C13H14INS. The zero-order valence-corrected chi connectivity index (χ0v) is 12.3. The number of halogens is 1. The molecule has 0 amide bonds. The molecule has 2 aromatic rings. The first-order valence-electron chi connectivity index (χ1n) is 5.14. The van der Waals surface area contributed by atoms with Crippen LogP contribution in [0.2, 0.25) is 0 Å². The lowest BCUT2D eigenvalue weighted by Gasteiger charge is -2.14. The molecule has 0 aliphatic heterocycles. The summed E-state index contributed by atoms with van der Waals surface area (Å²) in [7, 11) is 0. The Labute approximate surface area is 114 Å². The Hall–Kier alpha value is -0.390. The Kier molecular flexibility index (Phi) is 3.66. The van der Waals surface area contributed by atoms with Crippen molar-refractivity contribution >= 4 is 33.9 Å². The van der Waals surface area contributed by atoms with E-state index in [0.29, 0.717) is 0 Å². The fourth-order valence-corrected chi connectivity index (χ4v) is 3.25. The van der Waals surface area contributed by atoms with E-state index in [1.165, 1.54) is 25.1 Å². The monoisotopic (exact) mass is 343 g/mol. The first kappa shape index (κ1) is 12.1. The molecule has 1 atom stereocenters. The van der Waals surface area contributed by atoms with Gasteiger partial charge in [0.2, 0.25) is 0 Å².